The first-order chi connectivity index (χ1) is 7.74. The van der Waals surface area contributed by atoms with Crippen LogP contribution in [0.15, 0.2) is 12.7 Å². The largest absolute Gasteiger partial charge is 0.385 e. The molecule has 1 aromatic heterocycles. The molecule has 1 aromatic rings. The van der Waals surface area contributed by atoms with Crippen molar-refractivity contribution in [1.29, 1.82) is 0 Å². The minimum atomic E-state index is 0.503. The molecule has 1 N–H and O–H groups in total. The van der Waals surface area contributed by atoms with Gasteiger partial charge < -0.3 is 10.1 Å². The first kappa shape index (κ1) is 13.1. The van der Waals surface area contributed by atoms with Crippen LogP contribution in [0, 0.1) is 5.92 Å². The maximum absolute atomic E-state index is 5.11. The Morgan fingerprint density at radius 1 is 1.44 bits per heavy atom. The average Bonchev–Trinajstić information content (AvgIpc) is 2.75. The lowest BCUT2D eigenvalue weighted by Gasteiger charge is -2.22. The second-order valence-corrected chi connectivity index (χ2v) is 4.24. The van der Waals surface area contributed by atoms with Gasteiger partial charge in [-0.3, -0.25) is 4.68 Å². The van der Waals surface area contributed by atoms with Gasteiger partial charge in [0.1, 0.15) is 12.7 Å². The van der Waals surface area contributed by atoms with Gasteiger partial charge in [0.15, 0.2) is 0 Å². The van der Waals surface area contributed by atoms with Crippen molar-refractivity contribution in [1.82, 2.24) is 20.1 Å². The van der Waals surface area contributed by atoms with Crippen LogP contribution in [0.4, 0.5) is 0 Å². The predicted octanol–water partition coefficient (Wildman–Crippen LogP) is 0.929. The Hall–Kier alpha value is -0.940. The Balaban J connectivity index is 2.21. The molecular formula is C11H22N4O. The summed E-state index contributed by atoms with van der Waals surface area (Å²) in [4.78, 5) is 3.91. The van der Waals surface area contributed by atoms with Crippen LogP contribution < -0.4 is 5.32 Å². The molecule has 5 heteroatoms. The Labute approximate surface area is 97.2 Å². The van der Waals surface area contributed by atoms with Crippen molar-refractivity contribution in [3.05, 3.63) is 12.7 Å². The van der Waals surface area contributed by atoms with Crippen molar-refractivity contribution in [2.45, 2.75) is 32.9 Å². The molecule has 0 amide bonds. The topological polar surface area (TPSA) is 52.0 Å². The van der Waals surface area contributed by atoms with Gasteiger partial charge in [-0.05, 0) is 12.3 Å². The number of nitrogens with one attached hydrogen (secondary N) is 1. The van der Waals surface area contributed by atoms with Gasteiger partial charge in [0, 0.05) is 26.3 Å². The van der Waals surface area contributed by atoms with Crippen molar-refractivity contribution in [3.63, 3.8) is 0 Å². The number of nitrogens with zero attached hydrogens (tertiary/aromatic N) is 3. The highest BCUT2D eigenvalue weighted by Crippen LogP contribution is 2.05. The summed E-state index contributed by atoms with van der Waals surface area (Å²) in [5, 5.41) is 7.58. The predicted molar refractivity (Wildman–Crippen MR) is 63.1 cm³/mol. The van der Waals surface area contributed by atoms with Crippen LogP contribution in [-0.4, -0.2) is 41.1 Å². The lowest BCUT2D eigenvalue weighted by Crippen LogP contribution is -2.36. The van der Waals surface area contributed by atoms with E-state index in [0.29, 0.717) is 12.0 Å². The van der Waals surface area contributed by atoms with E-state index >= 15 is 0 Å². The zero-order chi connectivity index (χ0) is 11.8. The third-order valence-corrected chi connectivity index (χ3v) is 2.65. The Kier molecular flexibility index (Phi) is 6.03. The summed E-state index contributed by atoms with van der Waals surface area (Å²) in [6, 6.07) is 0.503. The molecule has 0 aliphatic rings. The van der Waals surface area contributed by atoms with E-state index < -0.39 is 0 Å². The van der Waals surface area contributed by atoms with E-state index in [4.69, 9.17) is 4.74 Å². The molecule has 0 saturated heterocycles. The molecule has 1 rings (SSSR count). The molecule has 92 valence electrons. The molecule has 1 unspecified atom stereocenters. The quantitative estimate of drug-likeness (QED) is 0.716. The molecule has 0 aliphatic carbocycles. The number of rotatable bonds is 8. The summed E-state index contributed by atoms with van der Waals surface area (Å²) in [6.07, 6.45) is 4.34. The van der Waals surface area contributed by atoms with Gasteiger partial charge >= 0.3 is 0 Å². The second kappa shape index (κ2) is 7.35. The zero-order valence-electron chi connectivity index (χ0n) is 10.4. The van der Waals surface area contributed by atoms with Gasteiger partial charge in [0.2, 0.25) is 0 Å². The maximum Gasteiger partial charge on any atom is 0.137 e. The van der Waals surface area contributed by atoms with Crippen molar-refractivity contribution >= 4 is 0 Å². The van der Waals surface area contributed by atoms with Crippen molar-refractivity contribution in [2.24, 2.45) is 5.92 Å². The van der Waals surface area contributed by atoms with Gasteiger partial charge in [0.05, 0.1) is 6.54 Å². The van der Waals surface area contributed by atoms with Crippen LogP contribution in [0.5, 0.6) is 0 Å². The molecule has 0 aliphatic heterocycles. The van der Waals surface area contributed by atoms with Gasteiger partial charge in [-0.25, -0.2) is 4.98 Å². The minimum absolute atomic E-state index is 0.503. The van der Waals surface area contributed by atoms with Crippen LogP contribution >= 0.6 is 0 Å². The lowest BCUT2D eigenvalue weighted by atomic mass is 10.0. The van der Waals surface area contributed by atoms with Gasteiger partial charge in [-0.1, -0.05) is 13.8 Å². The zero-order valence-corrected chi connectivity index (χ0v) is 10.4. The molecule has 1 atom stereocenters. The molecule has 16 heavy (non-hydrogen) atoms. The van der Waals surface area contributed by atoms with Crippen LogP contribution in [0.25, 0.3) is 0 Å². The molecule has 0 aromatic carbocycles. The van der Waals surface area contributed by atoms with E-state index in [0.717, 1.165) is 26.1 Å². The lowest BCUT2D eigenvalue weighted by molar-refractivity contribution is 0.173. The third-order valence-electron chi connectivity index (χ3n) is 2.65. The van der Waals surface area contributed by atoms with E-state index in [2.05, 4.69) is 29.2 Å². The van der Waals surface area contributed by atoms with E-state index in [1.165, 1.54) is 0 Å². The van der Waals surface area contributed by atoms with E-state index in [1.807, 2.05) is 4.68 Å². The van der Waals surface area contributed by atoms with E-state index in [9.17, 15) is 0 Å². The summed E-state index contributed by atoms with van der Waals surface area (Å²) in [6.45, 7) is 7.02. The number of ether oxygens (including phenoxy) is 1. The van der Waals surface area contributed by atoms with Crippen LogP contribution in [0.3, 0.4) is 0 Å². The Morgan fingerprint density at radius 3 is 2.81 bits per heavy atom. The summed E-state index contributed by atoms with van der Waals surface area (Å²) in [5.41, 5.74) is 0. The highest BCUT2D eigenvalue weighted by atomic mass is 16.5. The molecule has 0 spiro atoms. The van der Waals surface area contributed by atoms with E-state index in [-0.39, 0.29) is 0 Å². The van der Waals surface area contributed by atoms with E-state index in [1.54, 1.807) is 19.8 Å². The molecule has 0 saturated carbocycles. The first-order valence-corrected chi connectivity index (χ1v) is 5.78. The smallest absolute Gasteiger partial charge is 0.137 e. The highest BCUT2D eigenvalue weighted by Gasteiger charge is 2.11. The Morgan fingerprint density at radius 2 is 2.25 bits per heavy atom. The summed E-state index contributed by atoms with van der Waals surface area (Å²) in [5.74, 6) is 0.617. The molecule has 0 bridgehead atoms. The second-order valence-electron chi connectivity index (χ2n) is 4.24. The normalized spacial score (nSPS) is 13.2. The number of hydrogen-bond acceptors (Lipinski definition) is 4. The van der Waals surface area contributed by atoms with Gasteiger partial charge in [-0.15, -0.1) is 0 Å². The van der Waals surface area contributed by atoms with Crippen molar-refractivity contribution < 1.29 is 4.74 Å². The minimum Gasteiger partial charge on any atom is -0.385 e. The standard InChI is InChI=1S/C11H22N4O/c1-10(2)11(4-7-16-3)13-5-6-15-9-12-8-14-15/h8-11,13H,4-7H2,1-3H3. The van der Waals surface area contributed by atoms with Crippen molar-refractivity contribution in [2.75, 3.05) is 20.3 Å². The fourth-order valence-electron chi connectivity index (χ4n) is 1.63. The first-order valence-electron chi connectivity index (χ1n) is 5.78. The SMILES string of the molecule is COCCC(NCCn1cncn1)C(C)C. The number of methoxy groups -OCH3 is 1. The van der Waals surface area contributed by atoms with Gasteiger partial charge in [0.25, 0.3) is 0 Å². The van der Waals surface area contributed by atoms with Crippen LogP contribution in [0.2, 0.25) is 0 Å². The number of aromatic nitrogens is 3. The molecule has 5 nitrogen and oxygen atoms in total. The molecule has 0 fully saturated rings. The summed E-state index contributed by atoms with van der Waals surface area (Å²) in [7, 11) is 1.74. The average molecular weight is 226 g/mol. The fraction of sp³-hybridized carbons (Fsp3) is 0.818. The van der Waals surface area contributed by atoms with Crippen LogP contribution in [0.1, 0.15) is 20.3 Å². The fourth-order valence-corrected chi connectivity index (χ4v) is 1.63. The van der Waals surface area contributed by atoms with Crippen molar-refractivity contribution in [3.8, 4) is 0 Å². The monoisotopic (exact) mass is 226 g/mol. The third kappa shape index (κ3) is 4.72. The maximum atomic E-state index is 5.11. The van der Waals surface area contributed by atoms with Crippen LogP contribution in [-0.2, 0) is 11.3 Å². The molecular weight excluding hydrogens is 204 g/mol. The molecule has 1 heterocycles. The Bertz CT molecular complexity index is 261. The van der Waals surface area contributed by atoms with Gasteiger partial charge in [-0.2, -0.15) is 5.10 Å². The summed E-state index contributed by atoms with van der Waals surface area (Å²) >= 11 is 0. The number of hydrogen-bond donors (Lipinski definition) is 1. The molecule has 0 radical (unpaired) electrons. The highest BCUT2D eigenvalue weighted by molar-refractivity contribution is 4.70. The summed E-state index contributed by atoms with van der Waals surface area (Å²) < 4.78 is 6.94.